The fourth-order valence-corrected chi connectivity index (χ4v) is 22.1. The van der Waals surface area contributed by atoms with Crippen molar-refractivity contribution >= 4 is 13.3 Å². The van der Waals surface area contributed by atoms with Crippen molar-refractivity contribution in [1.29, 1.82) is 0 Å². The van der Waals surface area contributed by atoms with E-state index in [0.717, 1.165) is 6.42 Å². The summed E-state index contributed by atoms with van der Waals surface area (Å²) in [6.45, 7) is 19.0. The molecule has 0 N–H and O–H groups in total. The molecular formula is C20H40GeO3Zr. The molecule has 0 saturated heterocycles. The summed E-state index contributed by atoms with van der Waals surface area (Å²) in [5.74, 6) is 7.31. The molecule has 0 spiro atoms. The Morgan fingerprint density at radius 3 is 1.40 bits per heavy atom. The molecule has 0 heterocycles. The first-order chi connectivity index (χ1) is 10.8. The summed E-state index contributed by atoms with van der Waals surface area (Å²) in [4.78, 5) is 0. The van der Waals surface area contributed by atoms with Crippen LogP contribution in [0.15, 0.2) is 19.8 Å². The summed E-state index contributed by atoms with van der Waals surface area (Å²) in [6.07, 6.45) is 5.51. The van der Waals surface area contributed by atoms with E-state index in [-0.39, 0.29) is 16.8 Å². The van der Waals surface area contributed by atoms with Crippen LogP contribution in [-0.4, -0.2) is 30.1 Å². The van der Waals surface area contributed by atoms with E-state index in [4.69, 9.17) is 8.44 Å². The zero-order chi connectivity index (χ0) is 19.9. The van der Waals surface area contributed by atoms with Gasteiger partial charge in [-0.05, 0) is 0 Å². The maximum absolute atomic E-state index is 6.78. The number of rotatable bonds is 5. The third-order valence-corrected chi connectivity index (χ3v) is 18.6. The van der Waals surface area contributed by atoms with Gasteiger partial charge in [-0.3, -0.25) is 0 Å². The Balaban J connectivity index is 3.63. The van der Waals surface area contributed by atoms with E-state index in [1.807, 2.05) is 0 Å². The standard InChI is InChI=1S/C8H13Ge.3C4H9O.Zr/c1-9(2,3)8-6-4-5-7-8;3*1-4(2,3)5;/h4,6H,5H2,1-3H3;3*1-3H3;/q;3*-1;+3. The summed E-state index contributed by atoms with van der Waals surface area (Å²) in [5, 5.41) is 0. The summed E-state index contributed by atoms with van der Waals surface area (Å²) in [6, 6.07) is 0. The molecule has 0 aromatic rings. The molecule has 0 fully saturated rings. The second-order valence-corrected chi connectivity index (χ2v) is 27.2. The van der Waals surface area contributed by atoms with Crippen LogP contribution in [0.2, 0.25) is 17.3 Å². The molecule has 1 aliphatic rings. The Morgan fingerprint density at radius 2 is 1.12 bits per heavy atom. The predicted octanol–water partition coefficient (Wildman–Crippen LogP) is 6.42. The fraction of sp³-hybridized carbons (Fsp3) is 0.800. The van der Waals surface area contributed by atoms with Gasteiger partial charge in [-0.15, -0.1) is 0 Å². The zero-order valence-electron chi connectivity index (χ0n) is 18.6. The molecule has 3 nitrogen and oxygen atoms in total. The first-order valence-corrected chi connectivity index (χ1v) is 20.9. The van der Waals surface area contributed by atoms with Gasteiger partial charge in [0, 0.05) is 0 Å². The number of allylic oxidation sites excluding steroid dienone is 4. The van der Waals surface area contributed by atoms with Crippen molar-refractivity contribution in [3.05, 3.63) is 19.8 Å². The van der Waals surface area contributed by atoms with Gasteiger partial charge in [0.2, 0.25) is 0 Å². The fourth-order valence-electron chi connectivity index (χ4n) is 2.95. The molecule has 1 rings (SSSR count). The van der Waals surface area contributed by atoms with Crippen molar-refractivity contribution in [1.82, 2.24) is 0 Å². The van der Waals surface area contributed by atoms with Crippen molar-refractivity contribution in [3.63, 3.8) is 0 Å². The summed E-state index contributed by atoms with van der Waals surface area (Å²) in [5.41, 5.74) is -0.922. The van der Waals surface area contributed by atoms with Gasteiger partial charge in [0.1, 0.15) is 0 Å². The van der Waals surface area contributed by atoms with Gasteiger partial charge in [-0.2, -0.15) is 0 Å². The monoisotopic (exact) mass is 492 g/mol. The molecule has 0 amide bonds. The Morgan fingerprint density at radius 1 is 0.760 bits per heavy atom. The average Bonchev–Trinajstić information content (AvgIpc) is 2.68. The molecule has 0 saturated carbocycles. The van der Waals surface area contributed by atoms with Crippen molar-refractivity contribution < 1.29 is 30.0 Å². The molecule has 0 aliphatic heterocycles. The van der Waals surface area contributed by atoms with Crippen molar-refractivity contribution in [2.45, 2.75) is 103 Å². The molecule has 0 bridgehead atoms. The third kappa shape index (κ3) is 7.74. The van der Waals surface area contributed by atoms with Crippen LogP contribution < -0.4 is 0 Å². The van der Waals surface area contributed by atoms with Gasteiger partial charge >= 0.3 is 166 Å². The molecular weight excluding hydrogens is 452 g/mol. The Labute approximate surface area is 165 Å². The van der Waals surface area contributed by atoms with Crippen LogP contribution in [0, 0.1) is 0 Å². The molecule has 0 atom stereocenters. The van der Waals surface area contributed by atoms with E-state index in [0.29, 0.717) is 0 Å². The van der Waals surface area contributed by atoms with Crippen LogP contribution >= 0.6 is 0 Å². The van der Waals surface area contributed by atoms with Crippen LogP contribution in [0.25, 0.3) is 0 Å². The van der Waals surface area contributed by atoms with Crippen LogP contribution in [0.3, 0.4) is 0 Å². The molecule has 0 aromatic carbocycles. The zero-order valence-corrected chi connectivity index (χ0v) is 23.1. The minimum absolute atomic E-state index is 0.307. The quantitative estimate of drug-likeness (QED) is 0.415. The van der Waals surface area contributed by atoms with E-state index < -0.39 is 34.9 Å². The SMILES string of the molecule is CC(C)(C)[O][Zr]([O]C(C)(C)C)([O]C(C)(C)C)[C]1=[C]([Ge]([CH3])([CH3])[CH3])C=CC1. The third-order valence-electron chi connectivity index (χ3n) is 3.43. The second kappa shape index (κ2) is 7.66. The van der Waals surface area contributed by atoms with E-state index >= 15 is 0 Å². The molecule has 5 heteroatoms. The van der Waals surface area contributed by atoms with Gasteiger partial charge in [0.05, 0.1) is 0 Å². The Kier molecular flexibility index (Phi) is 7.30. The summed E-state index contributed by atoms with van der Waals surface area (Å²) < 4.78 is 23.2. The van der Waals surface area contributed by atoms with Crippen molar-refractivity contribution in [3.8, 4) is 0 Å². The first kappa shape index (κ1) is 23.8. The molecule has 0 unspecified atom stereocenters. The molecule has 146 valence electrons. The van der Waals surface area contributed by atoms with Gasteiger partial charge in [-0.1, -0.05) is 0 Å². The Hall–Kier alpha value is 0.786. The minimum atomic E-state index is -4.05. The maximum atomic E-state index is 6.78. The molecule has 0 aromatic heterocycles. The Bertz CT molecular complexity index is 496. The molecule has 25 heavy (non-hydrogen) atoms. The van der Waals surface area contributed by atoms with E-state index in [1.54, 1.807) is 0 Å². The number of hydrogen-bond acceptors (Lipinski definition) is 3. The van der Waals surface area contributed by atoms with Gasteiger partial charge < -0.3 is 0 Å². The first-order valence-electron chi connectivity index (χ1n) is 9.36. The summed E-state index contributed by atoms with van der Waals surface area (Å²) in [7, 11) is 0. The number of hydrogen-bond donors (Lipinski definition) is 0. The van der Waals surface area contributed by atoms with E-state index in [9.17, 15) is 0 Å². The van der Waals surface area contributed by atoms with Crippen LogP contribution in [0.4, 0.5) is 0 Å². The van der Waals surface area contributed by atoms with Gasteiger partial charge in [0.15, 0.2) is 0 Å². The normalized spacial score (nSPS) is 17.6. The second-order valence-electron chi connectivity index (χ2n) is 10.9. The van der Waals surface area contributed by atoms with Crippen LogP contribution in [0.1, 0.15) is 68.7 Å². The van der Waals surface area contributed by atoms with E-state index in [2.05, 4.69) is 91.7 Å². The van der Waals surface area contributed by atoms with Crippen LogP contribution in [-0.2, 0) is 30.0 Å². The van der Waals surface area contributed by atoms with Crippen molar-refractivity contribution in [2.75, 3.05) is 0 Å². The summed E-state index contributed by atoms with van der Waals surface area (Å²) >= 11 is -6.11. The van der Waals surface area contributed by atoms with Crippen molar-refractivity contribution in [2.24, 2.45) is 0 Å². The van der Waals surface area contributed by atoms with Crippen LogP contribution in [0.5, 0.6) is 0 Å². The molecule has 0 radical (unpaired) electrons. The van der Waals surface area contributed by atoms with Gasteiger partial charge in [0.25, 0.3) is 0 Å². The topological polar surface area (TPSA) is 27.7 Å². The average molecular weight is 492 g/mol. The molecule has 1 aliphatic carbocycles. The van der Waals surface area contributed by atoms with E-state index in [1.165, 1.54) is 7.69 Å². The van der Waals surface area contributed by atoms with Gasteiger partial charge in [-0.25, -0.2) is 0 Å². The predicted molar refractivity (Wildman–Crippen MR) is 107 cm³/mol.